The van der Waals surface area contributed by atoms with Crippen LogP contribution >= 0.6 is 27.5 Å². The molecule has 0 radical (unpaired) electrons. The Hall–Kier alpha value is -0.540. The Balaban J connectivity index is 2.39. The molecule has 0 N–H and O–H groups in total. The van der Waals surface area contributed by atoms with E-state index in [0.29, 0.717) is 6.61 Å². The van der Waals surface area contributed by atoms with Crippen LogP contribution in [0.2, 0.25) is 5.02 Å². The Kier molecular flexibility index (Phi) is 5.85. The molecular formula is C12H14BrClO2. The van der Waals surface area contributed by atoms with Gasteiger partial charge in [-0.2, -0.15) is 0 Å². The van der Waals surface area contributed by atoms with E-state index < -0.39 is 0 Å². The molecule has 0 spiro atoms. The molecular weight excluding hydrogens is 291 g/mol. The summed E-state index contributed by atoms with van der Waals surface area (Å²) >= 11 is 9.10. The lowest BCUT2D eigenvalue weighted by molar-refractivity contribution is -0.142. The molecule has 0 heterocycles. The summed E-state index contributed by atoms with van der Waals surface area (Å²) in [5.74, 6) is -0.198. The van der Waals surface area contributed by atoms with Crippen molar-refractivity contribution in [1.29, 1.82) is 0 Å². The summed E-state index contributed by atoms with van der Waals surface area (Å²) < 4.78 is 4.90. The highest BCUT2D eigenvalue weighted by Gasteiger charge is 2.15. The van der Waals surface area contributed by atoms with Crippen LogP contribution in [-0.4, -0.2) is 17.4 Å². The second-order valence-corrected chi connectivity index (χ2v) is 4.93. The molecule has 16 heavy (non-hydrogen) atoms. The van der Waals surface area contributed by atoms with Crippen LogP contribution in [0.1, 0.15) is 18.9 Å². The molecule has 1 rings (SSSR count). The van der Waals surface area contributed by atoms with Crippen molar-refractivity contribution in [3.05, 3.63) is 34.9 Å². The van der Waals surface area contributed by atoms with Gasteiger partial charge in [-0.1, -0.05) is 39.7 Å². The van der Waals surface area contributed by atoms with Crippen molar-refractivity contribution in [2.75, 3.05) is 6.61 Å². The predicted octanol–water partition coefficient (Wildman–Crippen LogP) is 3.60. The molecule has 4 heteroatoms. The number of aryl methyl sites for hydroxylation is 1. The van der Waals surface area contributed by atoms with E-state index in [1.54, 1.807) is 6.92 Å². The van der Waals surface area contributed by atoms with Crippen molar-refractivity contribution < 1.29 is 9.53 Å². The van der Waals surface area contributed by atoms with E-state index >= 15 is 0 Å². The quantitative estimate of drug-likeness (QED) is 0.614. The average molecular weight is 306 g/mol. The zero-order valence-corrected chi connectivity index (χ0v) is 11.4. The SMILES string of the molecule is CCOC(=O)C(Br)CCc1ccc(Cl)cc1. The summed E-state index contributed by atoms with van der Waals surface area (Å²) in [4.78, 5) is 11.1. The monoisotopic (exact) mass is 304 g/mol. The molecule has 88 valence electrons. The van der Waals surface area contributed by atoms with Gasteiger partial charge in [-0.3, -0.25) is 4.79 Å². The molecule has 1 atom stereocenters. The lowest BCUT2D eigenvalue weighted by Gasteiger charge is -2.08. The summed E-state index contributed by atoms with van der Waals surface area (Å²) in [6.07, 6.45) is 1.55. The van der Waals surface area contributed by atoms with Crippen LogP contribution in [0.15, 0.2) is 24.3 Å². The van der Waals surface area contributed by atoms with E-state index in [1.165, 1.54) is 0 Å². The Bertz CT molecular complexity index is 337. The Labute approximate surface area is 109 Å². The molecule has 0 aliphatic rings. The molecule has 0 saturated carbocycles. The van der Waals surface area contributed by atoms with Gasteiger partial charge in [0.25, 0.3) is 0 Å². The number of carbonyl (C=O) groups excluding carboxylic acids is 1. The maximum atomic E-state index is 11.3. The van der Waals surface area contributed by atoms with Crippen molar-refractivity contribution in [3.63, 3.8) is 0 Å². The van der Waals surface area contributed by atoms with Crippen LogP contribution in [0.25, 0.3) is 0 Å². The number of rotatable bonds is 5. The number of ether oxygens (including phenoxy) is 1. The third kappa shape index (κ3) is 4.54. The number of alkyl halides is 1. The highest BCUT2D eigenvalue weighted by molar-refractivity contribution is 9.10. The second kappa shape index (κ2) is 6.92. The van der Waals surface area contributed by atoms with Crippen molar-refractivity contribution in [2.24, 2.45) is 0 Å². The molecule has 2 nitrogen and oxygen atoms in total. The van der Waals surface area contributed by atoms with E-state index in [4.69, 9.17) is 16.3 Å². The van der Waals surface area contributed by atoms with E-state index in [9.17, 15) is 4.79 Å². The first kappa shape index (κ1) is 13.5. The lowest BCUT2D eigenvalue weighted by Crippen LogP contribution is -2.17. The molecule has 0 amide bonds. The first-order chi connectivity index (χ1) is 7.63. The predicted molar refractivity (Wildman–Crippen MR) is 69.1 cm³/mol. The molecule has 0 fully saturated rings. The van der Waals surface area contributed by atoms with Gasteiger partial charge < -0.3 is 4.74 Å². The molecule has 1 aromatic carbocycles. The first-order valence-corrected chi connectivity index (χ1v) is 6.48. The summed E-state index contributed by atoms with van der Waals surface area (Å²) in [6, 6.07) is 7.63. The van der Waals surface area contributed by atoms with Gasteiger partial charge in [-0.25, -0.2) is 0 Å². The Morgan fingerprint density at radius 3 is 2.62 bits per heavy atom. The minimum Gasteiger partial charge on any atom is -0.465 e. The third-order valence-electron chi connectivity index (χ3n) is 2.14. The van der Waals surface area contributed by atoms with Crippen LogP contribution in [0.4, 0.5) is 0 Å². The number of carbonyl (C=O) groups is 1. The van der Waals surface area contributed by atoms with E-state index in [1.807, 2.05) is 24.3 Å². The smallest absolute Gasteiger partial charge is 0.319 e. The molecule has 0 saturated heterocycles. The third-order valence-corrected chi connectivity index (χ3v) is 3.23. The number of hydrogen-bond donors (Lipinski definition) is 0. The minimum atomic E-state index is -0.233. The van der Waals surface area contributed by atoms with Gasteiger partial charge in [0.1, 0.15) is 4.83 Å². The van der Waals surface area contributed by atoms with Crippen molar-refractivity contribution in [3.8, 4) is 0 Å². The number of esters is 1. The fraction of sp³-hybridized carbons (Fsp3) is 0.417. The lowest BCUT2D eigenvalue weighted by atomic mass is 10.1. The standard InChI is InChI=1S/C12H14BrClO2/c1-2-16-12(15)11(13)8-5-9-3-6-10(14)7-4-9/h3-4,6-7,11H,2,5,8H2,1H3. The van der Waals surface area contributed by atoms with E-state index in [0.717, 1.165) is 23.4 Å². The van der Waals surface area contributed by atoms with Crippen LogP contribution < -0.4 is 0 Å². The van der Waals surface area contributed by atoms with Crippen molar-refractivity contribution in [1.82, 2.24) is 0 Å². The van der Waals surface area contributed by atoms with Crippen molar-refractivity contribution >= 4 is 33.5 Å². The summed E-state index contributed by atoms with van der Waals surface area (Å²) in [5.41, 5.74) is 1.16. The highest BCUT2D eigenvalue weighted by atomic mass is 79.9. The fourth-order valence-electron chi connectivity index (χ4n) is 1.29. The average Bonchev–Trinajstić information content (AvgIpc) is 2.28. The zero-order valence-electron chi connectivity index (χ0n) is 9.08. The molecule has 0 aliphatic carbocycles. The van der Waals surface area contributed by atoms with Gasteiger partial charge >= 0.3 is 5.97 Å². The largest absolute Gasteiger partial charge is 0.465 e. The Morgan fingerprint density at radius 2 is 2.06 bits per heavy atom. The summed E-state index contributed by atoms with van der Waals surface area (Å²) in [5, 5.41) is 0.726. The number of benzene rings is 1. The zero-order chi connectivity index (χ0) is 12.0. The van der Waals surface area contributed by atoms with E-state index in [2.05, 4.69) is 15.9 Å². The molecule has 1 aromatic rings. The summed E-state index contributed by atoms with van der Waals surface area (Å²) in [7, 11) is 0. The highest BCUT2D eigenvalue weighted by Crippen LogP contribution is 2.15. The maximum Gasteiger partial charge on any atom is 0.319 e. The molecule has 0 aliphatic heterocycles. The molecule has 0 bridgehead atoms. The normalized spacial score (nSPS) is 12.2. The van der Waals surface area contributed by atoms with Gasteiger partial charge in [-0.05, 0) is 37.5 Å². The van der Waals surface area contributed by atoms with Crippen molar-refractivity contribution in [2.45, 2.75) is 24.6 Å². The fourth-order valence-corrected chi connectivity index (χ4v) is 1.78. The number of hydrogen-bond acceptors (Lipinski definition) is 2. The van der Waals surface area contributed by atoms with Gasteiger partial charge in [0.2, 0.25) is 0 Å². The first-order valence-electron chi connectivity index (χ1n) is 5.18. The Morgan fingerprint density at radius 1 is 1.44 bits per heavy atom. The van der Waals surface area contributed by atoms with Crippen LogP contribution in [0, 0.1) is 0 Å². The second-order valence-electron chi connectivity index (χ2n) is 3.38. The topological polar surface area (TPSA) is 26.3 Å². The minimum absolute atomic E-state index is 0.198. The van der Waals surface area contributed by atoms with Crippen LogP contribution in [0.5, 0.6) is 0 Å². The molecule has 1 unspecified atom stereocenters. The van der Waals surface area contributed by atoms with Crippen LogP contribution in [0.3, 0.4) is 0 Å². The van der Waals surface area contributed by atoms with Gasteiger partial charge in [0.15, 0.2) is 0 Å². The van der Waals surface area contributed by atoms with Crippen LogP contribution in [-0.2, 0) is 16.0 Å². The number of halogens is 2. The van der Waals surface area contributed by atoms with Gasteiger partial charge in [0.05, 0.1) is 6.61 Å². The van der Waals surface area contributed by atoms with Gasteiger partial charge in [-0.15, -0.1) is 0 Å². The maximum absolute atomic E-state index is 11.3. The van der Waals surface area contributed by atoms with E-state index in [-0.39, 0.29) is 10.8 Å². The molecule has 0 aromatic heterocycles. The summed E-state index contributed by atoms with van der Waals surface area (Å²) in [6.45, 7) is 2.22. The van der Waals surface area contributed by atoms with Gasteiger partial charge in [0, 0.05) is 5.02 Å².